The fourth-order valence-corrected chi connectivity index (χ4v) is 10.5. The summed E-state index contributed by atoms with van der Waals surface area (Å²) >= 11 is 0. The molecular weight excluding hydrogens is 1230 g/mol. The van der Waals surface area contributed by atoms with Crippen LogP contribution >= 0.6 is 0 Å². The molecule has 0 saturated heterocycles. The summed E-state index contributed by atoms with van der Waals surface area (Å²) in [6.45, 7) is 3.74. The van der Waals surface area contributed by atoms with Crippen LogP contribution < -0.4 is 31.2 Å². The number of aliphatic carboxylic acids is 1. The number of carbonyl (C=O) groups excluding carboxylic acids is 6. The Bertz CT molecular complexity index is 4660. The quantitative estimate of drug-likeness (QED) is 0.0173. The molecule has 23 heteroatoms. The summed E-state index contributed by atoms with van der Waals surface area (Å²) in [5, 5.41) is 21.5. The SMILES string of the molecule is C=CCc1ccc(OC(=O)C(Cc2c[nH]c3ccccc23)NC(=O)c2cccnc2)c(OC)c1.COC(=O)C(Cc1c[nH]c2ccccc12)NC(=O)c1cccnc1.COC(=O)C(N)Cc1c[nH]c2ccccc12.O=C(NC(Cc1c[nH]c2ccccc12)C(=O)O)c1cccnc1. The number of methoxy groups -OCH3 is 3. The second kappa shape index (κ2) is 33.9. The highest BCUT2D eigenvalue weighted by atomic mass is 16.6. The van der Waals surface area contributed by atoms with Crippen molar-refractivity contribution in [1.82, 2.24) is 50.8 Å². The highest BCUT2D eigenvalue weighted by Gasteiger charge is 2.28. The van der Waals surface area contributed by atoms with Crippen LogP contribution in [0.3, 0.4) is 0 Å². The number of hydrogen-bond donors (Lipinski definition) is 9. The van der Waals surface area contributed by atoms with Crippen molar-refractivity contribution in [3.63, 3.8) is 0 Å². The van der Waals surface area contributed by atoms with Crippen LogP contribution in [0.1, 0.15) is 58.9 Å². The van der Waals surface area contributed by atoms with Crippen LogP contribution in [0.4, 0.5) is 0 Å². The molecule has 494 valence electrons. The monoisotopic (exact) mass is 1310 g/mol. The van der Waals surface area contributed by atoms with Crippen molar-refractivity contribution in [2.45, 2.75) is 56.3 Å². The van der Waals surface area contributed by atoms with Crippen molar-refractivity contribution in [2.75, 3.05) is 21.3 Å². The van der Waals surface area contributed by atoms with E-state index in [1.807, 2.05) is 122 Å². The first-order valence-electron chi connectivity index (χ1n) is 30.6. The Morgan fingerprint density at radius 3 is 1.21 bits per heavy atom. The molecule has 0 aliphatic rings. The van der Waals surface area contributed by atoms with Gasteiger partial charge < -0.3 is 65.7 Å². The van der Waals surface area contributed by atoms with Crippen LogP contribution in [0.2, 0.25) is 0 Å². The van der Waals surface area contributed by atoms with Gasteiger partial charge in [-0.15, -0.1) is 6.58 Å². The average Bonchev–Trinajstić information content (AvgIpc) is 1.78. The Morgan fingerprint density at radius 1 is 0.474 bits per heavy atom. The number of benzene rings is 5. The van der Waals surface area contributed by atoms with E-state index in [1.54, 1.807) is 79.4 Å². The number of para-hydroxylation sites is 4. The van der Waals surface area contributed by atoms with Gasteiger partial charge in [-0.2, -0.15) is 0 Å². The van der Waals surface area contributed by atoms with E-state index in [0.29, 0.717) is 41.7 Å². The Labute approximate surface area is 556 Å². The van der Waals surface area contributed by atoms with Crippen LogP contribution in [0, 0.1) is 0 Å². The predicted octanol–water partition coefficient (Wildman–Crippen LogP) is 9.52. The molecule has 7 aromatic heterocycles. The van der Waals surface area contributed by atoms with Gasteiger partial charge in [-0.25, -0.2) is 14.4 Å². The molecule has 0 radical (unpaired) electrons. The highest BCUT2D eigenvalue weighted by Crippen LogP contribution is 2.30. The number of nitrogens with zero attached hydrogens (tertiary/aromatic N) is 3. The number of amides is 3. The first-order chi connectivity index (χ1) is 47.1. The molecule has 3 amide bonds. The van der Waals surface area contributed by atoms with E-state index in [4.69, 9.17) is 19.9 Å². The summed E-state index contributed by atoms with van der Waals surface area (Å²) in [7, 11) is 4.16. The van der Waals surface area contributed by atoms with Gasteiger partial charge in [0.05, 0.1) is 38.0 Å². The number of esters is 3. The smallest absolute Gasteiger partial charge is 0.334 e. The molecule has 0 bridgehead atoms. The lowest BCUT2D eigenvalue weighted by atomic mass is 10.0. The Hall–Kier alpha value is -12.5. The van der Waals surface area contributed by atoms with Gasteiger partial charge in [0.1, 0.15) is 24.2 Å². The maximum absolute atomic E-state index is 13.3. The maximum Gasteiger partial charge on any atom is 0.334 e. The molecule has 0 aliphatic heterocycles. The fourth-order valence-electron chi connectivity index (χ4n) is 10.5. The van der Waals surface area contributed by atoms with Gasteiger partial charge in [-0.05, 0) is 107 Å². The number of carboxylic acid groups (broad SMARTS) is 1. The third kappa shape index (κ3) is 18.4. The molecule has 10 N–H and O–H groups in total. The molecular formula is C74H71N11O12. The van der Waals surface area contributed by atoms with Crippen molar-refractivity contribution in [3.8, 4) is 11.5 Å². The fraction of sp³-hybridized carbons (Fsp3) is 0.162. The number of ether oxygens (including phenoxy) is 4. The number of carboxylic acids is 1. The molecule has 23 nitrogen and oxygen atoms in total. The van der Waals surface area contributed by atoms with Crippen molar-refractivity contribution >= 4 is 85.2 Å². The highest BCUT2D eigenvalue weighted by molar-refractivity contribution is 5.99. The largest absolute Gasteiger partial charge is 0.493 e. The third-order valence-corrected chi connectivity index (χ3v) is 15.5. The average molecular weight is 1310 g/mol. The minimum atomic E-state index is -1.08. The normalized spacial score (nSPS) is 11.9. The molecule has 0 spiro atoms. The molecule has 12 aromatic rings. The number of fused-ring (bicyclic) bond motifs is 4. The summed E-state index contributed by atoms with van der Waals surface area (Å²) in [6.07, 6.45) is 20.1. The van der Waals surface area contributed by atoms with Crippen molar-refractivity contribution in [1.29, 1.82) is 0 Å². The first-order valence-corrected chi connectivity index (χ1v) is 30.6. The van der Waals surface area contributed by atoms with Gasteiger partial charge in [0.2, 0.25) is 0 Å². The molecule has 0 saturated carbocycles. The molecule has 12 rings (SSSR count). The Morgan fingerprint density at radius 2 is 0.845 bits per heavy atom. The number of aromatic nitrogens is 7. The van der Waals surface area contributed by atoms with E-state index < -0.39 is 53.9 Å². The first kappa shape index (κ1) is 68.9. The Kier molecular flexibility index (Phi) is 24.1. The number of rotatable bonds is 22. The number of H-pyrrole nitrogens is 4. The van der Waals surface area contributed by atoms with Gasteiger partial charge in [0, 0.05) is 131 Å². The molecule has 97 heavy (non-hydrogen) atoms. The number of carbonyl (C=O) groups is 7. The zero-order valence-electron chi connectivity index (χ0n) is 53.2. The van der Waals surface area contributed by atoms with Crippen LogP contribution in [-0.2, 0) is 60.8 Å². The van der Waals surface area contributed by atoms with Crippen LogP contribution in [0.5, 0.6) is 11.5 Å². The molecule has 7 heterocycles. The minimum Gasteiger partial charge on any atom is -0.493 e. The third-order valence-electron chi connectivity index (χ3n) is 15.5. The maximum atomic E-state index is 13.3. The number of nitrogens with two attached hydrogens (primary N) is 1. The van der Waals surface area contributed by atoms with Crippen LogP contribution in [-0.4, -0.2) is 127 Å². The summed E-state index contributed by atoms with van der Waals surface area (Å²) < 4.78 is 20.5. The Balaban J connectivity index is 0.000000157. The topological polar surface area (TPSA) is 341 Å². The van der Waals surface area contributed by atoms with Crippen LogP contribution in [0.15, 0.2) is 226 Å². The van der Waals surface area contributed by atoms with E-state index >= 15 is 0 Å². The molecule has 5 aromatic carbocycles. The molecule has 4 atom stereocenters. The van der Waals surface area contributed by atoms with Gasteiger partial charge >= 0.3 is 23.9 Å². The number of allylic oxidation sites excluding steroid dienone is 1. The van der Waals surface area contributed by atoms with Crippen molar-refractivity contribution in [3.05, 3.63) is 271 Å². The number of hydrogen-bond acceptors (Lipinski definition) is 15. The van der Waals surface area contributed by atoms with Crippen LogP contribution in [0.25, 0.3) is 43.6 Å². The van der Waals surface area contributed by atoms with E-state index in [2.05, 4.69) is 62.2 Å². The van der Waals surface area contributed by atoms with Gasteiger partial charge in [0.25, 0.3) is 17.7 Å². The summed E-state index contributed by atoms with van der Waals surface area (Å²) in [6, 6.07) is 42.9. The molecule has 4 unspecified atom stereocenters. The van der Waals surface area contributed by atoms with Gasteiger partial charge in [0.15, 0.2) is 11.5 Å². The van der Waals surface area contributed by atoms with E-state index in [0.717, 1.165) is 71.4 Å². The summed E-state index contributed by atoms with van der Waals surface area (Å²) in [5.74, 6) is -3.07. The second-order valence-corrected chi connectivity index (χ2v) is 21.9. The predicted molar refractivity (Wildman–Crippen MR) is 367 cm³/mol. The van der Waals surface area contributed by atoms with E-state index in [-0.39, 0.29) is 30.5 Å². The number of nitrogens with one attached hydrogen (secondary N) is 7. The van der Waals surface area contributed by atoms with Gasteiger partial charge in [-0.1, -0.05) is 84.9 Å². The summed E-state index contributed by atoms with van der Waals surface area (Å²) in [5.41, 5.74) is 15.4. The molecule has 0 aliphatic carbocycles. The second-order valence-electron chi connectivity index (χ2n) is 21.9. The zero-order chi connectivity index (χ0) is 68.6. The van der Waals surface area contributed by atoms with E-state index in [9.17, 15) is 38.7 Å². The lowest BCUT2D eigenvalue weighted by Crippen LogP contribution is -2.44. The minimum absolute atomic E-state index is 0.200. The van der Waals surface area contributed by atoms with Crippen molar-refractivity contribution < 1.29 is 57.6 Å². The van der Waals surface area contributed by atoms with Gasteiger partial charge in [-0.3, -0.25) is 34.1 Å². The molecule has 0 fully saturated rings. The van der Waals surface area contributed by atoms with E-state index in [1.165, 1.54) is 39.9 Å². The lowest BCUT2D eigenvalue weighted by Gasteiger charge is -2.18. The standard InChI is InChI=1S/C27H25N3O4.C18H17N3O3.C17H15N3O3.C12H14N2O2/c1-3-7-18-11-12-24(25(14-18)33-2)34-27(32)23(30-26(31)19-8-6-13-28-16-19)15-20-17-29-22-10-5-4-9-21(20)22;1-24-18(23)16(21-17(22)12-5-4-8-19-10-12)9-13-11-20-15-7-3-2-6-14(13)15;21-16(11-4-3-7-18-9-11)20-15(17(22)23)8-12-10-19-14-6-2-1-5-13(12)14;1-16-12(15)10(13)6-8-7-14-11-5-3-2-4-9(8)11/h3-6,8-14,16-17,23,29H,1,7,15H2,2H3,(H,30,31);2-8,10-11,16,20H,9H2,1H3,(H,21,22);1-7,9-10,15,19H,8H2,(H,20,21)(H,22,23);2-5,7,10,14H,6,13H2,1H3. The van der Waals surface area contributed by atoms with Crippen molar-refractivity contribution in [2.24, 2.45) is 5.73 Å². The zero-order valence-corrected chi connectivity index (χ0v) is 53.2. The number of aromatic amines is 4. The lowest BCUT2D eigenvalue weighted by molar-refractivity contribution is -0.143. The summed E-state index contributed by atoms with van der Waals surface area (Å²) in [4.78, 5) is 110. The number of pyridine rings is 3.